The molecule has 0 saturated carbocycles. The van der Waals surface area contributed by atoms with Crippen molar-refractivity contribution in [2.45, 2.75) is 18.8 Å². The van der Waals surface area contributed by atoms with Gasteiger partial charge in [0.2, 0.25) is 11.8 Å². The van der Waals surface area contributed by atoms with Gasteiger partial charge in [-0.1, -0.05) is 0 Å². The Labute approximate surface area is 88.6 Å². The van der Waals surface area contributed by atoms with Crippen LogP contribution in [-0.4, -0.2) is 30.3 Å². The number of hydrogen-bond donors (Lipinski definition) is 1. The fourth-order valence-corrected chi connectivity index (χ4v) is 1.77. The van der Waals surface area contributed by atoms with E-state index in [4.69, 9.17) is 15.2 Å². The van der Waals surface area contributed by atoms with Crippen LogP contribution in [0.25, 0.3) is 0 Å². The molecule has 0 aliphatic carbocycles. The molecule has 0 aromatic carbocycles. The van der Waals surface area contributed by atoms with Gasteiger partial charge < -0.3 is 15.2 Å². The van der Waals surface area contributed by atoms with E-state index in [9.17, 15) is 0 Å². The van der Waals surface area contributed by atoms with E-state index in [0.717, 1.165) is 31.7 Å². The summed E-state index contributed by atoms with van der Waals surface area (Å²) in [5.74, 6) is 1.22. The minimum absolute atomic E-state index is 0.274. The Kier molecular flexibility index (Phi) is 3.01. The van der Waals surface area contributed by atoms with Crippen molar-refractivity contribution in [1.82, 2.24) is 9.97 Å². The van der Waals surface area contributed by atoms with Gasteiger partial charge in [-0.2, -0.15) is 4.98 Å². The number of nitrogens with two attached hydrogens (primary N) is 1. The fraction of sp³-hybridized carbons (Fsp3) is 0.600. The monoisotopic (exact) mass is 209 g/mol. The summed E-state index contributed by atoms with van der Waals surface area (Å²) in [6.45, 7) is 1.58. The van der Waals surface area contributed by atoms with Gasteiger partial charge in [0, 0.05) is 25.2 Å². The minimum atomic E-state index is 0.274. The van der Waals surface area contributed by atoms with Gasteiger partial charge in [-0.3, -0.25) is 0 Å². The summed E-state index contributed by atoms with van der Waals surface area (Å²) in [4.78, 5) is 8.20. The number of methoxy groups -OCH3 is 1. The number of nitrogen functional groups attached to an aromatic ring is 1. The molecule has 0 radical (unpaired) electrons. The zero-order valence-corrected chi connectivity index (χ0v) is 8.77. The van der Waals surface area contributed by atoms with Crippen molar-refractivity contribution >= 4 is 5.95 Å². The van der Waals surface area contributed by atoms with Crippen molar-refractivity contribution in [3.05, 3.63) is 11.8 Å². The van der Waals surface area contributed by atoms with Crippen LogP contribution >= 0.6 is 0 Å². The molecule has 1 saturated heterocycles. The molecule has 15 heavy (non-hydrogen) atoms. The third kappa shape index (κ3) is 2.36. The third-order valence-corrected chi connectivity index (χ3v) is 2.59. The second-order valence-electron chi connectivity index (χ2n) is 3.58. The van der Waals surface area contributed by atoms with Crippen LogP contribution in [0.5, 0.6) is 5.88 Å². The van der Waals surface area contributed by atoms with Crippen molar-refractivity contribution in [3.63, 3.8) is 0 Å². The lowest BCUT2D eigenvalue weighted by Crippen LogP contribution is -2.16. The molecule has 5 heteroatoms. The standard InChI is InChI=1S/C10H15N3O2/c1-14-9-6-8(12-10(11)13-9)7-2-4-15-5-3-7/h6-7H,2-5H2,1H3,(H2,11,12,13). The Morgan fingerprint density at radius 1 is 1.40 bits per heavy atom. The zero-order chi connectivity index (χ0) is 10.7. The summed E-state index contributed by atoms with van der Waals surface area (Å²) in [5.41, 5.74) is 6.57. The molecule has 1 aliphatic heterocycles. The first-order valence-electron chi connectivity index (χ1n) is 5.06. The van der Waals surface area contributed by atoms with Gasteiger partial charge in [0.15, 0.2) is 0 Å². The lowest BCUT2D eigenvalue weighted by atomic mass is 9.96. The largest absolute Gasteiger partial charge is 0.481 e. The molecule has 1 aliphatic rings. The molecule has 0 bridgehead atoms. The summed E-state index contributed by atoms with van der Waals surface area (Å²) in [5, 5.41) is 0. The number of aromatic nitrogens is 2. The fourth-order valence-electron chi connectivity index (χ4n) is 1.77. The average Bonchev–Trinajstić information content (AvgIpc) is 2.29. The highest BCUT2D eigenvalue weighted by Crippen LogP contribution is 2.27. The zero-order valence-electron chi connectivity index (χ0n) is 8.77. The number of rotatable bonds is 2. The van der Waals surface area contributed by atoms with Crippen LogP contribution in [0.1, 0.15) is 24.5 Å². The highest BCUT2D eigenvalue weighted by atomic mass is 16.5. The Morgan fingerprint density at radius 3 is 2.80 bits per heavy atom. The Balaban J connectivity index is 2.22. The molecule has 2 heterocycles. The molecule has 0 unspecified atom stereocenters. The molecule has 2 N–H and O–H groups in total. The summed E-state index contributed by atoms with van der Waals surface area (Å²) >= 11 is 0. The van der Waals surface area contributed by atoms with Gasteiger partial charge in [-0.25, -0.2) is 4.98 Å². The van der Waals surface area contributed by atoms with E-state index in [-0.39, 0.29) is 5.95 Å². The Hall–Kier alpha value is -1.36. The van der Waals surface area contributed by atoms with Crippen LogP contribution in [-0.2, 0) is 4.74 Å². The van der Waals surface area contributed by atoms with E-state index < -0.39 is 0 Å². The van der Waals surface area contributed by atoms with Crippen LogP contribution in [0.2, 0.25) is 0 Å². The predicted octanol–water partition coefficient (Wildman–Crippen LogP) is 0.961. The lowest BCUT2D eigenvalue weighted by molar-refractivity contribution is 0.0844. The van der Waals surface area contributed by atoms with E-state index in [2.05, 4.69) is 9.97 Å². The highest BCUT2D eigenvalue weighted by Gasteiger charge is 2.18. The SMILES string of the molecule is COc1cc(C2CCOCC2)nc(N)n1. The van der Waals surface area contributed by atoms with Crippen LogP contribution < -0.4 is 10.5 Å². The normalized spacial score (nSPS) is 17.7. The Morgan fingerprint density at radius 2 is 2.13 bits per heavy atom. The number of nitrogens with zero attached hydrogens (tertiary/aromatic N) is 2. The highest BCUT2D eigenvalue weighted by molar-refractivity contribution is 5.28. The van der Waals surface area contributed by atoms with Crippen molar-refractivity contribution in [3.8, 4) is 5.88 Å². The van der Waals surface area contributed by atoms with E-state index in [1.54, 1.807) is 7.11 Å². The Bertz CT molecular complexity index is 337. The molecule has 0 atom stereocenters. The summed E-state index contributed by atoms with van der Waals surface area (Å²) in [7, 11) is 1.58. The predicted molar refractivity (Wildman–Crippen MR) is 55.8 cm³/mol. The summed E-state index contributed by atoms with van der Waals surface area (Å²) in [6.07, 6.45) is 1.97. The van der Waals surface area contributed by atoms with E-state index >= 15 is 0 Å². The van der Waals surface area contributed by atoms with Gasteiger partial charge in [-0.05, 0) is 12.8 Å². The van der Waals surface area contributed by atoms with Crippen molar-refractivity contribution in [2.24, 2.45) is 0 Å². The van der Waals surface area contributed by atoms with Gasteiger partial charge >= 0.3 is 0 Å². The van der Waals surface area contributed by atoms with Crippen molar-refractivity contribution < 1.29 is 9.47 Å². The van der Waals surface area contributed by atoms with Crippen LogP contribution in [0.4, 0.5) is 5.95 Å². The quantitative estimate of drug-likeness (QED) is 0.785. The molecule has 2 rings (SSSR count). The first kappa shape index (κ1) is 10.2. The molecule has 1 fully saturated rings. The molecule has 1 aromatic rings. The van der Waals surface area contributed by atoms with Crippen molar-refractivity contribution in [2.75, 3.05) is 26.1 Å². The molecule has 5 nitrogen and oxygen atoms in total. The first-order chi connectivity index (χ1) is 7.29. The second kappa shape index (κ2) is 4.44. The maximum absolute atomic E-state index is 5.61. The first-order valence-corrected chi connectivity index (χ1v) is 5.06. The van der Waals surface area contributed by atoms with Gasteiger partial charge in [0.25, 0.3) is 0 Å². The van der Waals surface area contributed by atoms with Crippen LogP contribution in [0.3, 0.4) is 0 Å². The maximum atomic E-state index is 5.61. The average molecular weight is 209 g/mol. The molecule has 82 valence electrons. The van der Waals surface area contributed by atoms with Gasteiger partial charge in [0.05, 0.1) is 12.8 Å². The van der Waals surface area contributed by atoms with Crippen LogP contribution in [0.15, 0.2) is 6.07 Å². The summed E-state index contributed by atoms with van der Waals surface area (Å²) < 4.78 is 10.4. The topological polar surface area (TPSA) is 70.3 Å². The van der Waals surface area contributed by atoms with E-state index in [1.807, 2.05) is 6.07 Å². The van der Waals surface area contributed by atoms with Gasteiger partial charge in [-0.15, -0.1) is 0 Å². The van der Waals surface area contributed by atoms with Crippen LogP contribution in [0, 0.1) is 0 Å². The minimum Gasteiger partial charge on any atom is -0.481 e. The van der Waals surface area contributed by atoms with Gasteiger partial charge in [0.1, 0.15) is 0 Å². The number of ether oxygens (including phenoxy) is 2. The van der Waals surface area contributed by atoms with Crippen molar-refractivity contribution in [1.29, 1.82) is 0 Å². The summed E-state index contributed by atoms with van der Waals surface area (Å²) in [6, 6.07) is 1.85. The van der Waals surface area contributed by atoms with E-state index in [1.165, 1.54) is 0 Å². The van der Waals surface area contributed by atoms with E-state index in [0.29, 0.717) is 11.8 Å². The second-order valence-corrected chi connectivity index (χ2v) is 3.58. The number of hydrogen-bond acceptors (Lipinski definition) is 5. The molecular weight excluding hydrogens is 194 g/mol. The molecule has 0 spiro atoms. The molecular formula is C10H15N3O2. The third-order valence-electron chi connectivity index (χ3n) is 2.59. The smallest absolute Gasteiger partial charge is 0.223 e. The number of anilines is 1. The maximum Gasteiger partial charge on any atom is 0.223 e. The molecule has 0 amide bonds. The lowest BCUT2D eigenvalue weighted by Gasteiger charge is -2.21. The molecule has 1 aromatic heterocycles.